The van der Waals surface area contributed by atoms with Gasteiger partial charge in [0.05, 0.1) is 11.7 Å². The number of anilines is 1. The number of benzene rings is 1. The summed E-state index contributed by atoms with van der Waals surface area (Å²) in [5.74, 6) is -0.218. The first kappa shape index (κ1) is 15.7. The average Bonchev–Trinajstić information content (AvgIpc) is 2.88. The standard InChI is InChI=1S/C15H16F3NOS/c1-3-11-8-9-14(21-11)10(2)19-12-6-4-5-7-13(12)20-15(16,17)18/h4-10,19H,3H2,1-2H3. The molecule has 2 nitrogen and oxygen atoms in total. The third-order valence-electron chi connectivity index (χ3n) is 2.94. The van der Waals surface area contributed by atoms with Crippen molar-refractivity contribution >= 4 is 17.0 Å². The fourth-order valence-electron chi connectivity index (χ4n) is 1.92. The summed E-state index contributed by atoms with van der Waals surface area (Å²) >= 11 is 1.65. The van der Waals surface area contributed by atoms with Crippen molar-refractivity contribution in [1.82, 2.24) is 0 Å². The van der Waals surface area contributed by atoms with Crippen LogP contribution in [0.5, 0.6) is 5.75 Å². The van der Waals surface area contributed by atoms with Crippen LogP contribution < -0.4 is 10.1 Å². The molecule has 0 saturated heterocycles. The molecule has 0 saturated carbocycles. The zero-order valence-electron chi connectivity index (χ0n) is 11.7. The van der Waals surface area contributed by atoms with Gasteiger partial charge in [-0.25, -0.2) is 0 Å². The summed E-state index contributed by atoms with van der Waals surface area (Å²) in [7, 11) is 0. The summed E-state index contributed by atoms with van der Waals surface area (Å²) in [4.78, 5) is 2.33. The van der Waals surface area contributed by atoms with E-state index in [0.717, 1.165) is 11.3 Å². The number of rotatable bonds is 5. The van der Waals surface area contributed by atoms with Crippen molar-refractivity contribution in [2.24, 2.45) is 0 Å². The molecular formula is C15H16F3NOS. The quantitative estimate of drug-likeness (QED) is 0.799. The summed E-state index contributed by atoms with van der Waals surface area (Å²) in [6.07, 6.45) is -3.75. The van der Waals surface area contributed by atoms with Crippen LogP contribution in [-0.4, -0.2) is 6.36 Å². The van der Waals surface area contributed by atoms with Crippen molar-refractivity contribution in [3.05, 3.63) is 46.2 Å². The van der Waals surface area contributed by atoms with Crippen LogP contribution >= 0.6 is 11.3 Å². The Kier molecular flexibility index (Phi) is 4.77. The maximum absolute atomic E-state index is 12.4. The third-order valence-corrected chi connectivity index (χ3v) is 4.35. The molecule has 1 heterocycles. The van der Waals surface area contributed by atoms with E-state index in [-0.39, 0.29) is 11.8 Å². The minimum atomic E-state index is -4.70. The Balaban J connectivity index is 2.15. The number of ether oxygens (including phenoxy) is 1. The molecule has 0 bridgehead atoms. The topological polar surface area (TPSA) is 21.3 Å². The lowest BCUT2D eigenvalue weighted by molar-refractivity contribution is -0.274. The van der Waals surface area contributed by atoms with Gasteiger partial charge in [0.1, 0.15) is 0 Å². The number of aryl methyl sites for hydroxylation is 1. The molecule has 2 aromatic rings. The van der Waals surface area contributed by atoms with E-state index in [1.165, 1.54) is 17.0 Å². The zero-order valence-corrected chi connectivity index (χ0v) is 12.5. The number of hydrogen-bond donors (Lipinski definition) is 1. The van der Waals surface area contributed by atoms with Gasteiger partial charge in [0.25, 0.3) is 0 Å². The van der Waals surface area contributed by atoms with E-state index in [4.69, 9.17) is 0 Å². The van der Waals surface area contributed by atoms with E-state index in [2.05, 4.69) is 17.0 Å². The van der Waals surface area contributed by atoms with E-state index in [1.54, 1.807) is 23.5 Å². The second-order valence-corrected chi connectivity index (χ2v) is 5.77. The van der Waals surface area contributed by atoms with Crippen LogP contribution in [0, 0.1) is 0 Å². The zero-order chi connectivity index (χ0) is 15.5. The van der Waals surface area contributed by atoms with Gasteiger partial charge in [-0.05, 0) is 37.6 Å². The predicted molar refractivity (Wildman–Crippen MR) is 78.9 cm³/mol. The van der Waals surface area contributed by atoms with Crippen molar-refractivity contribution in [2.45, 2.75) is 32.7 Å². The van der Waals surface area contributed by atoms with Crippen molar-refractivity contribution in [3.8, 4) is 5.75 Å². The molecule has 0 aliphatic heterocycles. The fraction of sp³-hybridized carbons (Fsp3) is 0.333. The summed E-state index contributed by atoms with van der Waals surface area (Å²) < 4.78 is 41.2. The Labute approximate surface area is 125 Å². The van der Waals surface area contributed by atoms with E-state index in [0.29, 0.717) is 5.69 Å². The molecule has 0 fully saturated rings. The highest BCUT2D eigenvalue weighted by Gasteiger charge is 2.32. The normalized spacial score (nSPS) is 13.0. The monoisotopic (exact) mass is 315 g/mol. The van der Waals surface area contributed by atoms with Crippen molar-refractivity contribution < 1.29 is 17.9 Å². The number of thiophene rings is 1. The van der Waals surface area contributed by atoms with Crippen molar-refractivity contribution in [3.63, 3.8) is 0 Å². The van der Waals surface area contributed by atoms with Crippen molar-refractivity contribution in [1.29, 1.82) is 0 Å². The largest absolute Gasteiger partial charge is 0.573 e. The van der Waals surface area contributed by atoms with E-state index < -0.39 is 6.36 Å². The van der Waals surface area contributed by atoms with Crippen LogP contribution in [0.25, 0.3) is 0 Å². The lowest BCUT2D eigenvalue weighted by Gasteiger charge is -2.18. The Hall–Kier alpha value is -1.69. The first-order valence-electron chi connectivity index (χ1n) is 6.59. The maximum Gasteiger partial charge on any atom is 0.573 e. The molecule has 1 atom stereocenters. The molecule has 0 amide bonds. The van der Waals surface area contributed by atoms with Gasteiger partial charge in [-0.3, -0.25) is 0 Å². The summed E-state index contributed by atoms with van der Waals surface area (Å²) in [6.45, 7) is 3.98. The molecule has 21 heavy (non-hydrogen) atoms. The van der Waals surface area contributed by atoms with Crippen LogP contribution in [0.2, 0.25) is 0 Å². The van der Waals surface area contributed by atoms with Gasteiger partial charge in [0, 0.05) is 9.75 Å². The molecule has 114 valence electrons. The maximum atomic E-state index is 12.4. The predicted octanol–water partition coefficient (Wildman–Crippen LogP) is 5.38. The van der Waals surface area contributed by atoms with Gasteiger partial charge < -0.3 is 10.1 Å². The molecule has 1 unspecified atom stereocenters. The lowest BCUT2D eigenvalue weighted by Crippen LogP contribution is -2.18. The minimum absolute atomic E-state index is 0.0896. The van der Waals surface area contributed by atoms with E-state index >= 15 is 0 Å². The van der Waals surface area contributed by atoms with Crippen LogP contribution in [0.1, 0.15) is 29.6 Å². The summed E-state index contributed by atoms with van der Waals surface area (Å²) in [5, 5.41) is 3.07. The lowest BCUT2D eigenvalue weighted by atomic mass is 10.2. The number of para-hydroxylation sites is 2. The Morgan fingerprint density at radius 2 is 1.90 bits per heavy atom. The molecule has 0 spiro atoms. The second-order valence-electron chi connectivity index (χ2n) is 4.57. The van der Waals surface area contributed by atoms with Gasteiger partial charge in [0.2, 0.25) is 0 Å². The first-order valence-corrected chi connectivity index (χ1v) is 7.40. The van der Waals surface area contributed by atoms with Gasteiger partial charge >= 0.3 is 6.36 Å². The van der Waals surface area contributed by atoms with Crippen LogP contribution in [0.3, 0.4) is 0 Å². The van der Waals surface area contributed by atoms with E-state index in [1.807, 2.05) is 19.1 Å². The number of hydrogen-bond acceptors (Lipinski definition) is 3. The SMILES string of the molecule is CCc1ccc(C(C)Nc2ccccc2OC(F)(F)F)s1. The highest BCUT2D eigenvalue weighted by atomic mass is 32.1. The molecule has 2 rings (SSSR count). The number of alkyl halides is 3. The molecule has 1 N–H and O–H groups in total. The smallest absolute Gasteiger partial charge is 0.404 e. The van der Waals surface area contributed by atoms with Gasteiger partial charge in [-0.15, -0.1) is 24.5 Å². The van der Waals surface area contributed by atoms with Gasteiger partial charge in [0.15, 0.2) is 5.75 Å². The fourth-order valence-corrected chi connectivity index (χ4v) is 2.88. The molecule has 0 aliphatic carbocycles. The molecule has 0 aliphatic rings. The molecule has 1 aromatic carbocycles. The average molecular weight is 315 g/mol. The summed E-state index contributed by atoms with van der Waals surface area (Å²) in [5.41, 5.74) is 0.328. The van der Waals surface area contributed by atoms with Crippen LogP contribution in [0.4, 0.5) is 18.9 Å². The Bertz CT molecular complexity index is 595. The summed E-state index contributed by atoms with van der Waals surface area (Å²) in [6, 6.07) is 10.0. The van der Waals surface area contributed by atoms with Crippen LogP contribution in [-0.2, 0) is 6.42 Å². The van der Waals surface area contributed by atoms with Crippen LogP contribution in [0.15, 0.2) is 36.4 Å². The van der Waals surface area contributed by atoms with E-state index in [9.17, 15) is 13.2 Å². The second kappa shape index (κ2) is 6.39. The minimum Gasteiger partial charge on any atom is -0.404 e. The molecular weight excluding hydrogens is 299 g/mol. The molecule has 1 aromatic heterocycles. The Morgan fingerprint density at radius 3 is 2.52 bits per heavy atom. The van der Waals surface area contributed by atoms with Gasteiger partial charge in [-0.2, -0.15) is 0 Å². The van der Waals surface area contributed by atoms with Crippen molar-refractivity contribution in [2.75, 3.05) is 5.32 Å². The molecule has 0 radical (unpaired) electrons. The Morgan fingerprint density at radius 1 is 1.19 bits per heavy atom. The third kappa shape index (κ3) is 4.39. The highest BCUT2D eigenvalue weighted by Crippen LogP contribution is 2.33. The molecule has 6 heteroatoms. The number of nitrogens with one attached hydrogen (secondary N) is 1. The van der Waals surface area contributed by atoms with Gasteiger partial charge in [-0.1, -0.05) is 19.1 Å². The first-order chi connectivity index (χ1) is 9.89. The number of halogens is 3. The highest BCUT2D eigenvalue weighted by molar-refractivity contribution is 7.12.